The van der Waals surface area contributed by atoms with E-state index in [1.165, 1.54) is 0 Å². The molecule has 1 fully saturated rings. The standard InChI is InChI=1S/C12H12N2O4S2/c1-13-3-2-7(5-13)4-9-10(16)14(12(19)20-9)8(6-15)11(17)18/h2-5,8,15H,6H2,1H3,(H,17,18)/b9-4+/t8-/m1/s1. The number of hydrogen-bond donors (Lipinski definition) is 2. The number of carbonyl (C=O) groups is 2. The molecule has 2 N–H and O–H groups in total. The highest BCUT2D eigenvalue weighted by Crippen LogP contribution is 2.33. The van der Waals surface area contributed by atoms with E-state index in [1.54, 1.807) is 6.08 Å². The first-order valence-corrected chi connectivity index (χ1v) is 6.89. The highest BCUT2D eigenvalue weighted by Gasteiger charge is 2.40. The lowest BCUT2D eigenvalue weighted by molar-refractivity contribution is -0.146. The van der Waals surface area contributed by atoms with Gasteiger partial charge >= 0.3 is 5.97 Å². The normalized spacial score (nSPS) is 18.9. The van der Waals surface area contributed by atoms with Crippen molar-refractivity contribution >= 4 is 46.3 Å². The van der Waals surface area contributed by atoms with Crippen LogP contribution < -0.4 is 0 Å². The maximum absolute atomic E-state index is 12.2. The number of carboxylic acid groups (broad SMARTS) is 1. The van der Waals surface area contributed by atoms with Gasteiger partial charge in [0.25, 0.3) is 5.91 Å². The van der Waals surface area contributed by atoms with Crippen LogP contribution in [0, 0.1) is 0 Å². The Bertz CT molecular complexity index is 608. The summed E-state index contributed by atoms with van der Waals surface area (Å²) in [5.74, 6) is -1.78. The van der Waals surface area contributed by atoms with Gasteiger partial charge in [-0.05, 0) is 17.7 Å². The fourth-order valence-electron chi connectivity index (χ4n) is 1.78. The fourth-order valence-corrected chi connectivity index (χ4v) is 3.14. The molecule has 106 valence electrons. The number of amides is 1. The van der Waals surface area contributed by atoms with Crippen molar-refractivity contribution in [1.82, 2.24) is 9.47 Å². The number of thiocarbonyl (C=S) groups is 1. The first-order chi connectivity index (χ1) is 9.43. The van der Waals surface area contributed by atoms with Gasteiger partial charge in [-0.1, -0.05) is 24.0 Å². The molecule has 0 saturated carbocycles. The quantitative estimate of drug-likeness (QED) is 0.628. The second-order valence-corrected chi connectivity index (χ2v) is 5.87. The number of carboxylic acids is 1. The van der Waals surface area contributed by atoms with Gasteiger partial charge in [0.05, 0.1) is 11.5 Å². The molecular weight excluding hydrogens is 300 g/mol. The second-order valence-electron chi connectivity index (χ2n) is 4.20. The lowest BCUT2D eigenvalue weighted by Crippen LogP contribution is -2.46. The minimum atomic E-state index is -1.34. The van der Waals surface area contributed by atoms with E-state index in [1.807, 2.05) is 30.1 Å². The van der Waals surface area contributed by atoms with Crippen molar-refractivity contribution in [3.63, 3.8) is 0 Å². The van der Waals surface area contributed by atoms with Crippen LogP contribution >= 0.6 is 24.0 Å². The molecule has 1 atom stereocenters. The topological polar surface area (TPSA) is 82.8 Å². The van der Waals surface area contributed by atoms with E-state index in [4.69, 9.17) is 22.4 Å². The van der Waals surface area contributed by atoms with E-state index in [9.17, 15) is 9.59 Å². The fraction of sp³-hybridized carbons (Fsp3) is 0.250. The van der Waals surface area contributed by atoms with E-state index in [0.717, 1.165) is 22.2 Å². The van der Waals surface area contributed by atoms with Gasteiger partial charge in [-0.15, -0.1) is 0 Å². The summed E-state index contributed by atoms with van der Waals surface area (Å²) >= 11 is 6.06. The van der Waals surface area contributed by atoms with Crippen LogP contribution in [0.1, 0.15) is 5.56 Å². The summed E-state index contributed by atoms with van der Waals surface area (Å²) in [6.07, 6.45) is 5.31. The van der Waals surface area contributed by atoms with E-state index in [0.29, 0.717) is 4.91 Å². The molecule has 0 radical (unpaired) electrons. The molecule has 2 rings (SSSR count). The Morgan fingerprint density at radius 2 is 2.30 bits per heavy atom. The van der Waals surface area contributed by atoms with Gasteiger partial charge in [0.2, 0.25) is 0 Å². The second kappa shape index (κ2) is 5.78. The maximum Gasteiger partial charge on any atom is 0.329 e. The van der Waals surface area contributed by atoms with Crippen molar-refractivity contribution in [2.45, 2.75) is 6.04 Å². The highest BCUT2D eigenvalue weighted by atomic mass is 32.2. The van der Waals surface area contributed by atoms with Gasteiger partial charge in [0.1, 0.15) is 4.32 Å². The summed E-state index contributed by atoms with van der Waals surface area (Å²) in [5.41, 5.74) is 0.823. The van der Waals surface area contributed by atoms with Crippen LogP contribution in [0.25, 0.3) is 6.08 Å². The molecule has 0 bridgehead atoms. The van der Waals surface area contributed by atoms with Crippen LogP contribution in [-0.4, -0.2) is 48.5 Å². The Morgan fingerprint density at radius 3 is 2.80 bits per heavy atom. The molecule has 20 heavy (non-hydrogen) atoms. The smallest absolute Gasteiger partial charge is 0.329 e. The summed E-state index contributed by atoms with van der Waals surface area (Å²) in [6.45, 7) is -0.680. The molecule has 1 aliphatic rings. The third-order valence-electron chi connectivity index (χ3n) is 2.75. The molecule has 1 amide bonds. The predicted molar refractivity (Wildman–Crippen MR) is 78.9 cm³/mol. The molecule has 1 aromatic heterocycles. The summed E-state index contributed by atoms with van der Waals surface area (Å²) < 4.78 is 1.97. The lowest BCUT2D eigenvalue weighted by Gasteiger charge is -2.20. The van der Waals surface area contributed by atoms with Crippen molar-refractivity contribution < 1.29 is 19.8 Å². The number of aliphatic hydroxyl groups is 1. The van der Waals surface area contributed by atoms with E-state index in [2.05, 4.69) is 0 Å². The zero-order chi connectivity index (χ0) is 14.9. The van der Waals surface area contributed by atoms with E-state index < -0.39 is 24.5 Å². The number of thioether (sulfide) groups is 1. The first-order valence-electron chi connectivity index (χ1n) is 5.66. The van der Waals surface area contributed by atoms with Crippen LogP contribution in [0.15, 0.2) is 23.4 Å². The molecule has 0 spiro atoms. The Balaban J connectivity index is 2.29. The summed E-state index contributed by atoms with van der Waals surface area (Å²) in [6, 6.07) is 0.483. The molecule has 6 nitrogen and oxygen atoms in total. The maximum atomic E-state index is 12.2. The van der Waals surface area contributed by atoms with Gasteiger partial charge < -0.3 is 14.8 Å². The summed E-state index contributed by atoms with van der Waals surface area (Å²) in [7, 11) is 1.86. The zero-order valence-corrected chi connectivity index (χ0v) is 12.1. The number of aryl methyl sites for hydroxylation is 1. The SMILES string of the molecule is Cn1ccc(/C=C2/SC(=S)N([C@H](CO)C(=O)O)C2=O)c1. The Hall–Kier alpha value is -1.64. The minimum Gasteiger partial charge on any atom is -0.480 e. The molecule has 0 unspecified atom stereocenters. The van der Waals surface area contributed by atoms with Crippen LogP contribution in [0.2, 0.25) is 0 Å². The van der Waals surface area contributed by atoms with Gasteiger partial charge in [0, 0.05) is 19.4 Å². The van der Waals surface area contributed by atoms with Crippen molar-refractivity contribution in [3.8, 4) is 0 Å². The lowest BCUT2D eigenvalue weighted by atomic mass is 10.2. The number of aliphatic carboxylic acids is 1. The van der Waals surface area contributed by atoms with Crippen LogP contribution in [-0.2, 0) is 16.6 Å². The number of aliphatic hydroxyl groups excluding tert-OH is 1. The monoisotopic (exact) mass is 312 g/mol. The summed E-state index contributed by atoms with van der Waals surface area (Å²) in [4.78, 5) is 24.5. The van der Waals surface area contributed by atoms with E-state index >= 15 is 0 Å². The third kappa shape index (κ3) is 2.77. The van der Waals surface area contributed by atoms with Crippen LogP contribution in [0.3, 0.4) is 0 Å². The Morgan fingerprint density at radius 1 is 1.60 bits per heavy atom. The zero-order valence-electron chi connectivity index (χ0n) is 10.5. The van der Waals surface area contributed by atoms with Gasteiger partial charge in [-0.25, -0.2) is 4.79 Å². The average Bonchev–Trinajstić information content (AvgIpc) is 2.89. The average molecular weight is 312 g/mol. The van der Waals surface area contributed by atoms with E-state index in [-0.39, 0.29) is 4.32 Å². The molecule has 0 aromatic carbocycles. The molecular formula is C12H12N2O4S2. The predicted octanol–water partition coefficient (Wildman–Crippen LogP) is 0.672. The number of nitrogens with zero attached hydrogens (tertiary/aromatic N) is 2. The third-order valence-corrected chi connectivity index (χ3v) is 4.08. The van der Waals surface area contributed by atoms with Crippen molar-refractivity contribution in [2.75, 3.05) is 6.61 Å². The van der Waals surface area contributed by atoms with Crippen molar-refractivity contribution in [1.29, 1.82) is 0 Å². The molecule has 1 saturated heterocycles. The number of aromatic nitrogens is 1. The largest absolute Gasteiger partial charge is 0.480 e. The first kappa shape index (κ1) is 14.8. The molecule has 0 aliphatic carbocycles. The summed E-state index contributed by atoms with van der Waals surface area (Å²) in [5, 5.41) is 18.1. The van der Waals surface area contributed by atoms with Crippen molar-refractivity contribution in [2.24, 2.45) is 7.05 Å². The number of hydrogen-bond acceptors (Lipinski definition) is 5. The molecule has 8 heteroatoms. The molecule has 1 aliphatic heterocycles. The highest BCUT2D eigenvalue weighted by molar-refractivity contribution is 8.26. The van der Waals surface area contributed by atoms with Gasteiger partial charge in [0.15, 0.2) is 6.04 Å². The molecule has 2 heterocycles. The Labute approximate surface area is 124 Å². The number of carbonyl (C=O) groups excluding carboxylic acids is 1. The number of rotatable bonds is 4. The van der Waals surface area contributed by atoms with Crippen molar-refractivity contribution in [3.05, 3.63) is 28.9 Å². The van der Waals surface area contributed by atoms with Gasteiger partial charge in [-0.2, -0.15) is 0 Å². The molecule has 1 aromatic rings. The van der Waals surface area contributed by atoms with Gasteiger partial charge in [-0.3, -0.25) is 9.69 Å². The minimum absolute atomic E-state index is 0.138. The van der Waals surface area contributed by atoms with Crippen LogP contribution in [0.5, 0.6) is 0 Å². The van der Waals surface area contributed by atoms with Crippen LogP contribution in [0.4, 0.5) is 0 Å². The Kier molecular flexibility index (Phi) is 4.26.